The first-order valence-corrected chi connectivity index (χ1v) is 39.1. The number of nitrogens with zero attached hydrogens (tertiary/aromatic N) is 8. The molecule has 7 aromatic heterocycles. The molecule has 0 N–H and O–H groups in total. The molecule has 0 aliphatic rings. The molecule has 534 valence electrons. The molecular formula is C106H64N8O. The fourth-order valence-electron chi connectivity index (χ4n) is 18.4. The van der Waals surface area contributed by atoms with Gasteiger partial charge in [0.05, 0.1) is 66.9 Å². The van der Waals surface area contributed by atoms with E-state index in [1.165, 1.54) is 109 Å². The van der Waals surface area contributed by atoms with E-state index in [0.29, 0.717) is 11.9 Å². The van der Waals surface area contributed by atoms with Gasteiger partial charge in [-0.2, -0.15) is 0 Å². The van der Waals surface area contributed by atoms with Gasteiger partial charge in [-0.05, 0) is 164 Å². The van der Waals surface area contributed by atoms with Gasteiger partial charge >= 0.3 is 0 Å². The van der Waals surface area contributed by atoms with Crippen LogP contribution in [0.2, 0.25) is 0 Å². The van der Waals surface area contributed by atoms with Gasteiger partial charge in [0.15, 0.2) is 0 Å². The number of furan rings is 1. The first-order valence-electron chi connectivity index (χ1n) is 39.1. The molecule has 0 atom stereocenters. The summed E-state index contributed by atoms with van der Waals surface area (Å²) in [7, 11) is 0. The molecule has 9 nitrogen and oxygen atoms in total. The van der Waals surface area contributed by atoms with E-state index in [1.54, 1.807) is 0 Å². The molecule has 0 fully saturated rings. The number of rotatable bonds is 10. The standard InChI is InChI=1S/C54H32N4O.C52H32N4/c1-3-12-33(13-4-1)44-32-45(34-14-5-2-6-15-34)56-54(55-44)58-46-19-9-7-17-39(46)42-30-36(23-27-47(42)58)38-26-28-49-53-41(38)25-22-35-16-11-20-48(52(35)53)57(49)37-24-29-51-43(31-37)40-18-8-10-21-50(40)59-51;1-3-13-34(14-4-1)44-32-45(35-15-5-2-6-16-35)54-52(53-44)56-46-20-10-9-19-41(46)43-31-38(24-28-47(43)56)40-27-29-49-51-42(40)26-23-36-18-11-21-48(50(36)51)55(49)39-25-22-33-12-7-8-17-37(33)30-39/h1-32H;1-32H. The molecule has 0 bridgehead atoms. The third kappa shape index (κ3) is 10.1. The Morgan fingerprint density at radius 1 is 0.183 bits per heavy atom. The van der Waals surface area contributed by atoms with E-state index in [-0.39, 0.29) is 0 Å². The monoisotopic (exact) mass is 1460 g/mol. The summed E-state index contributed by atoms with van der Waals surface area (Å²) >= 11 is 0. The maximum Gasteiger partial charge on any atom is 0.235 e. The lowest BCUT2D eigenvalue weighted by molar-refractivity contribution is 0.669. The molecule has 115 heavy (non-hydrogen) atoms. The summed E-state index contributed by atoms with van der Waals surface area (Å²) in [6.07, 6.45) is 0. The second-order valence-electron chi connectivity index (χ2n) is 30.0. The van der Waals surface area contributed by atoms with Gasteiger partial charge in [0.25, 0.3) is 0 Å². The summed E-state index contributed by atoms with van der Waals surface area (Å²) in [5.74, 6) is 1.29. The van der Waals surface area contributed by atoms with Crippen molar-refractivity contribution in [2.75, 3.05) is 0 Å². The van der Waals surface area contributed by atoms with E-state index in [4.69, 9.17) is 24.4 Å². The maximum atomic E-state index is 6.22. The minimum Gasteiger partial charge on any atom is -0.456 e. The maximum absolute atomic E-state index is 6.22. The van der Waals surface area contributed by atoms with E-state index in [0.717, 1.165) is 111 Å². The van der Waals surface area contributed by atoms with E-state index in [9.17, 15) is 0 Å². The Morgan fingerprint density at radius 3 is 1.04 bits per heavy atom. The van der Waals surface area contributed by atoms with Gasteiger partial charge in [-0.25, -0.2) is 19.9 Å². The van der Waals surface area contributed by atoms with Crippen molar-refractivity contribution in [3.63, 3.8) is 0 Å². The van der Waals surface area contributed by atoms with Gasteiger partial charge in [0.1, 0.15) is 11.2 Å². The summed E-state index contributed by atoms with van der Waals surface area (Å²) in [4.78, 5) is 20.9. The fraction of sp³-hybridized carbons (Fsp3) is 0. The number of benzene rings is 18. The second-order valence-corrected chi connectivity index (χ2v) is 30.0. The first kappa shape index (κ1) is 64.3. The van der Waals surface area contributed by atoms with Crippen molar-refractivity contribution >= 4 is 141 Å². The lowest BCUT2D eigenvalue weighted by atomic mass is 9.94. The third-order valence-corrected chi connectivity index (χ3v) is 23.6. The molecule has 0 saturated carbocycles. The Morgan fingerprint density at radius 2 is 0.548 bits per heavy atom. The topological polar surface area (TPSA) is 84.4 Å². The minimum atomic E-state index is 0.644. The Hall–Kier alpha value is -15.6. The molecule has 0 amide bonds. The fourth-order valence-corrected chi connectivity index (χ4v) is 18.4. The van der Waals surface area contributed by atoms with Crippen molar-refractivity contribution in [1.29, 1.82) is 0 Å². The van der Waals surface area contributed by atoms with Crippen LogP contribution < -0.4 is 0 Å². The van der Waals surface area contributed by atoms with E-state index in [1.807, 2.05) is 36.4 Å². The Labute approximate surface area is 658 Å². The molecule has 7 heterocycles. The van der Waals surface area contributed by atoms with Crippen molar-refractivity contribution in [2.24, 2.45) is 0 Å². The largest absolute Gasteiger partial charge is 0.456 e. The van der Waals surface area contributed by atoms with Crippen LogP contribution in [0.1, 0.15) is 0 Å². The number of para-hydroxylation sites is 3. The van der Waals surface area contributed by atoms with Crippen LogP contribution >= 0.6 is 0 Å². The van der Waals surface area contributed by atoms with Crippen LogP contribution in [-0.4, -0.2) is 38.2 Å². The SMILES string of the molecule is c1ccc(-c2cc(-c3ccccc3)nc(-n3c4ccccc4c4cc(-c5ccc6c7c5ccc5cccc(c57)n6-c5ccc6ccccc6c5)ccc43)n2)cc1.c1ccc(-c2cc(-c3ccccc3)nc(-n3c4ccccc4c4cc(-c5ccc6c7c5ccc5cccc(c57)n6-c5ccc6oc7ccccc7c6c5)ccc43)n2)cc1. The molecular weight excluding hydrogens is 1400 g/mol. The number of fused-ring (bicyclic) bond motifs is 10. The molecule has 25 rings (SSSR count). The summed E-state index contributed by atoms with van der Waals surface area (Å²) < 4.78 is 15.5. The Balaban J connectivity index is 0.000000133. The van der Waals surface area contributed by atoms with Crippen LogP contribution in [0.5, 0.6) is 0 Å². The highest BCUT2D eigenvalue weighted by atomic mass is 16.3. The van der Waals surface area contributed by atoms with Crippen LogP contribution in [0.3, 0.4) is 0 Å². The zero-order valence-electron chi connectivity index (χ0n) is 61.9. The Kier molecular flexibility index (Phi) is 14.2. The van der Waals surface area contributed by atoms with Crippen molar-refractivity contribution in [3.05, 3.63) is 388 Å². The van der Waals surface area contributed by atoms with Crippen LogP contribution in [0, 0.1) is 0 Å². The van der Waals surface area contributed by atoms with Crippen LogP contribution in [0.15, 0.2) is 393 Å². The highest BCUT2D eigenvalue weighted by Gasteiger charge is 2.26. The quantitative estimate of drug-likeness (QED) is 0.127. The molecule has 25 aromatic rings. The zero-order chi connectivity index (χ0) is 75.3. The molecule has 0 aliphatic carbocycles. The minimum absolute atomic E-state index is 0.644. The van der Waals surface area contributed by atoms with Gasteiger partial charge in [-0.15, -0.1) is 0 Å². The average molecular weight is 1470 g/mol. The van der Waals surface area contributed by atoms with Crippen molar-refractivity contribution in [2.45, 2.75) is 0 Å². The van der Waals surface area contributed by atoms with Gasteiger partial charge in [-0.1, -0.05) is 279 Å². The van der Waals surface area contributed by atoms with Crippen molar-refractivity contribution in [3.8, 4) is 90.6 Å². The lowest BCUT2D eigenvalue weighted by Crippen LogP contribution is -2.04. The average Bonchev–Trinajstić information content (AvgIpc) is 1.56. The molecule has 0 saturated heterocycles. The molecule has 18 aromatic carbocycles. The number of hydrogen-bond acceptors (Lipinski definition) is 5. The van der Waals surface area contributed by atoms with Crippen LogP contribution in [0.4, 0.5) is 0 Å². The molecule has 0 spiro atoms. The van der Waals surface area contributed by atoms with Gasteiger partial charge < -0.3 is 13.6 Å². The van der Waals surface area contributed by atoms with E-state index in [2.05, 4.69) is 370 Å². The van der Waals surface area contributed by atoms with Gasteiger partial charge in [0.2, 0.25) is 11.9 Å². The summed E-state index contributed by atoms with van der Waals surface area (Å²) in [6.45, 7) is 0. The summed E-state index contributed by atoms with van der Waals surface area (Å²) in [5.41, 5.74) is 25.7. The number of hydrogen-bond donors (Lipinski definition) is 0. The van der Waals surface area contributed by atoms with Gasteiger partial charge in [0, 0.05) is 87.5 Å². The Bertz CT molecular complexity index is 8100. The third-order valence-electron chi connectivity index (χ3n) is 23.6. The smallest absolute Gasteiger partial charge is 0.235 e. The molecule has 0 radical (unpaired) electrons. The highest BCUT2D eigenvalue weighted by molar-refractivity contribution is 6.29. The second kappa shape index (κ2) is 25.5. The van der Waals surface area contributed by atoms with Crippen LogP contribution in [-0.2, 0) is 0 Å². The predicted molar refractivity (Wildman–Crippen MR) is 476 cm³/mol. The highest BCUT2D eigenvalue weighted by Crippen LogP contribution is 2.48. The van der Waals surface area contributed by atoms with Crippen LogP contribution in [0.25, 0.3) is 232 Å². The molecule has 0 unspecified atom stereocenters. The van der Waals surface area contributed by atoms with E-state index < -0.39 is 0 Å². The normalized spacial score (nSPS) is 12.0. The molecule has 0 aliphatic heterocycles. The van der Waals surface area contributed by atoms with Crippen molar-refractivity contribution < 1.29 is 4.42 Å². The number of aromatic nitrogens is 8. The predicted octanol–water partition coefficient (Wildman–Crippen LogP) is 27.6. The summed E-state index contributed by atoms with van der Waals surface area (Å²) in [6, 6.07) is 139. The molecule has 9 heteroatoms. The van der Waals surface area contributed by atoms with Crippen molar-refractivity contribution in [1.82, 2.24) is 38.2 Å². The first-order chi connectivity index (χ1) is 57.0. The zero-order valence-corrected chi connectivity index (χ0v) is 61.9. The van der Waals surface area contributed by atoms with Gasteiger partial charge in [-0.3, -0.25) is 9.13 Å². The summed E-state index contributed by atoms with van der Waals surface area (Å²) in [5, 5.41) is 19.5. The van der Waals surface area contributed by atoms with E-state index >= 15 is 0 Å². The lowest BCUT2D eigenvalue weighted by Gasteiger charge is -2.12.